The Hall–Kier alpha value is -3.41. The number of esters is 3. The number of hydrogen-bond donors (Lipinski definition) is 0. The lowest BCUT2D eigenvalue weighted by Crippen LogP contribution is -2.30. The molecule has 0 rings (SSSR count). The zero-order chi connectivity index (χ0) is 52.2. The van der Waals surface area contributed by atoms with Crippen LogP contribution in [0.15, 0.2) is 85.1 Å². The molecule has 0 saturated carbocycles. The summed E-state index contributed by atoms with van der Waals surface area (Å²) in [5, 5.41) is 0. The predicted molar refractivity (Wildman–Crippen MR) is 311 cm³/mol. The third-order valence-corrected chi connectivity index (χ3v) is 13.1. The molecule has 6 nitrogen and oxygen atoms in total. The molecule has 414 valence electrons. The Morgan fingerprint density at radius 2 is 0.542 bits per heavy atom. The van der Waals surface area contributed by atoms with E-state index in [0.717, 1.165) is 109 Å². The lowest BCUT2D eigenvalue weighted by molar-refractivity contribution is -0.167. The van der Waals surface area contributed by atoms with E-state index in [9.17, 15) is 14.4 Å². The van der Waals surface area contributed by atoms with Gasteiger partial charge in [0.05, 0.1) is 0 Å². The molecule has 0 N–H and O–H groups in total. The highest BCUT2D eigenvalue weighted by molar-refractivity contribution is 5.71. The van der Waals surface area contributed by atoms with Crippen LogP contribution in [0.25, 0.3) is 0 Å². The van der Waals surface area contributed by atoms with E-state index in [1.807, 2.05) is 0 Å². The summed E-state index contributed by atoms with van der Waals surface area (Å²) in [6, 6.07) is 0. The number of unbranched alkanes of at least 4 members (excludes halogenated alkanes) is 30. The van der Waals surface area contributed by atoms with Crippen molar-refractivity contribution in [3.8, 4) is 0 Å². The minimum Gasteiger partial charge on any atom is -0.462 e. The molecule has 0 aliphatic rings. The van der Waals surface area contributed by atoms with Crippen LogP contribution < -0.4 is 0 Å². The Morgan fingerprint density at radius 3 is 0.861 bits per heavy atom. The second kappa shape index (κ2) is 60.1. The van der Waals surface area contributed by atoms with Gasteiger partial charge in [0.15, 0.2) is 6.10 Å². The maximum atomic E-state index is 12.9. The average molecular weight is 1000 g/mol. The summed E-state index contributed by atoms with van der Waals surface area (Å²) >= 11 is 0. The first-order valence-electron chi connectivity index (χ1n) is 30.6. The maximum absolute atomic E-state index is 12.9. The van der Waals surface area contributed by atoms with Crippen LogP contribution in [0.3, 0.4) is 0 Å². The van der Waals surface area contributed by atoms with Crippen LogP contribution in [0.4, 0.5) is 0 Å². The molecule has 6 heteroatoms. The van der Waals surface area contributed by atoms with E-state index < -0.39 is 6.10 Å². The van der Waals surface area contributed by atoms with Gasteiger partial charge in [0.1, 0.15) is 13.2 Å². The van der Waals surface area contributed by atoms with Crippen molar-refractivity contribution >= 4 is 17.9 Å². The van der Waals surface area contributed by atoms with E-state index in [0.29, 0.717) is 19.3 Å². The second-order valence-corrected chi connectivity index (χ2v) is 20.2. The minimum atomic E-state index is -0.786. The highest BCUT2D eigenvalue weighted by Gasteiger charge is 2.19. The first-order chi connectivity index (χ1) is 35.5. The largest absolute Gasteiger partial charge is 0.462 e. The molecule has 0 aliphatic heterocycles. The summed E-state index contributed by atoms with van der Waals surface area (Å²) < 4.78 is 16.9. The fraction of sp³-hybridized carbons (Fsp3) is 0.742. The van der Waals surface area contributed by atoms with Gasteiger partial charge in [0.2, 0.25) is 0 Å². The van der Waals surface area contributed by atoms with Crippen molar-refractivity contribution in [3.63, 3.8) is 0 Å². The van der Waals surface area contributed by atoms with Crippen LogP contribution in [0.1, 0.15) is 297 Å². The summed E-state index contributed by atoms with van der Waals surface area (Å²) in [6.07, 6.45) is 78.8. The molecular formula is C66H114O6. The third kappa shape index (κ3) is 57.5. The molecule has 72 heavy (non-hydrogen) atoms. The molecule has 0 aromatic rings. The number of carbonyl (C=O) groups excluding carboxylic acids is 3. The summed E-state index contributed by atoms with van der Waals surface area (Å²) in [5.74, 6) is -0.903. The monoisotopic (exact) mass is 1000 g/mol. The maximum Gasteiger partial charge on any atom is 0.306 e. The van der Waals surface area contributed by atoms with Crippen molar-refractivity contribution in [2.75, 3.05) is 13.2 Å². The van der Waals surface area contributed by atoms with Crippen LogP contribution >= 0.6 is 0 Å². The van der Waals surface area contributed by atoms with Crippen molar-refractivity contribution < 1.29 is 28.6 Å². The molecule has 0 aliphatic carbocycles. The van der Waals surface area contributed by atoms with Gasteiger partial charge in [-0.15, -0.1) is 0 Å². The molecular weight excluding hydrogens is 889 g/mol. The minimum absolute atomic E-state index is 0.0831. The second-order valence-electron chi connectivity index (χ2n) is 20.2. The number of ether oxygens (including phenoxy) is 3. The Kier molecular flexibility index (Phi) is 57.3. The molecule has 0 spiro atoms. The number of carbonyl (C=O) groups is 3. The SMILES string of the molecule is CC/C=C\C/C=C\C/C=C\C/C=C\CCCCCCCCCCCCCCCCC(=O)OCC(COC(=O)CCCCC/C=C\C/C=C\C/C=C\CC)OC(=O)CCCCCCCCCCCCCCCC. The normalized spacial score (nSPS) is 12.7. The quantitative estimate of drug-likeness (QED) is 0.0261. The third-order valence-electron chi connectivity index (χ3n) is 13.1. The molecule has 0 aromatic carbocycles. The van der Waals surface area contributed by atoms with Crippen molar-refractivity contribution in [1.29, 1.82) is 0 Å². The zero-order valence-electron chi connectivity index (χ0n) is 47.4. The van der Waals surface area contributed by atoms with E-state index in [4.69, 9.17) is 14.2 Å². The number of allylic oxidation sites excluding steroid dienone is 14. The molecule has 1 atom stereocenters. The van der Waals surface area contributed by atoms with Gasteiger partial charge < -0.3 is 14.2 Å². The van der Waals surface area contributed by atoms with Gasteiger partial charge in [0.25, 0.3) is 0 Å². The van der Waals surface area contributed by atoms with Crippen LogP contribution in [-0.4, -0.2) is 37.2 Å². The summed E-state index contributed by atoms with van der Waals surface area (Å²) in [6.45, 7) is 6.41. The van der Waals surface area contributed by atoms with Gasteiger partial charge in [-0.05, 0) is 89.9 Å². The van der Waals surface area contributed by atoms with E-state index in [-0.39, 0.29) is 31.1 Å². The van der Waals surface area contributed by atoms with Crippen molar-refractivity contribution in [2.24, 2.45) is 0 Å². The van der Waals surface area contributed by atoms with Gasteiger partial charge in [-0.3, -0.25) is 14.4 Å². The van der Waals surface area contributed by atoms with Crippen molar-refractivity contribution in [3.05, 3.63) is 85.1 Å². The molecule has 0 aromatic heterocycles. The number of hydrogen-bond acceptors (Lipinski definition) is 6. The molecule has 1 unspecified atom stereocenters. The van der Waals surface area contributed by atoms with E-state index in [1.165, 1.54) is 148 Å². The zero-order valence-corrected chi connectivity index (χ0v) is 47.4. The first-order valence-corrected chi connectivity index (χ1v) is 30.6. The Labute approximate surface area is 445 Å². The molecule has 0 radical (unpaired) electrons. The van der Waals surface area contributed by atoms with Gasteiger partial charge in [-0.1, -0.05) is 273 Å². The molecule has 0 saturated heterocycles. The predicted octanol–water partition coefficient (Wildman–Crippen LogP) is 20.7. The van der Waals surface area contributed by atoms with E-state index in [2.05, 4.69) is 106 Å². The molecule has 0 bridgehead atoms. The lowest BCUT2D eigenvalue weighted by atomic mass is 10.0. The average Bonchev–Trinajstić information content (AvgIpc) is 3.38. The van der Waals surface area contributed by atoms with Crippen molar-refractivity contribution in [2.45, 2.75) is 303 Å². The van der Waals surface area contributed by atoms with Gasteiger partial charge in [0, 0.05) is 19.3 Å². The van der Waals surface area contributed by atoms with Crippen LogP contribution in [-0.2, 0) is 28.6 Å². The van der Waals surface area contributed by atoms with Crippen LogP contribution in [0, 0.1) is 0 Å². The van der Waals surface area contributed by atoms with E-state index >= 15 is 0 Å². The van der Waals surface area contributed by atoms with Gasteiger partial charge in [-0.2, -0.15) is 0 Å². The highest BCUT2D eigenvalue weighted by Crippen LogP contribution is 2.17. The molecule has 0 amide bonds. The van der Waals surface area contributed by atoms with Crippen LogP contribution in [0.2, 0.25) is 0 Å². The fourth-order valence-corrected chi connectivity index (χ4v) is 8.63. The smallest absolute Gasteiger partial charge is 0.306 e. The van der Waals surface area contributed by atoms with Crippen LogP contribution in [0.5, 0.6) is 0 Å². The molecule has 0 heterocycles. The Bertz CT molecular complexity index is 1380. The van der Waals surface area contributed by atoms with E-state index in [1.54, 1.807) is 0 Å². The standard InChI is InChI=1S/C66H114O6/c1-4-7-10-13-16-19-22-25-27-28-29-30-31-32-33-34-35-36-37-38-39-42-44-47-50-53-56-59-65(68)71-62-63(61-70-64(67)58-55-52-49-46-43-40-24-21-18-15-12-9-6-3)72-66(69)60-57-54-51-48-45-41-26-23-20-17-14-11-8-5-2/h7,9-10,12,16,18-19,21,25,27,29-30,40,43,63H,4-6,8,11,13-15,17,20,22-24,26,28,31-39,41-42,44-62H2,1-3H3/b10-7-,12-9-,19-16-,21-18-,27-25-,30-29-,43-40-. The summed E-state index contributed by atoms with van der Waals surface area (Å²) in [7, 11) is 0. The summed E-state index contributed by atoms with van der Waals surface area (Å²) in [4.78, 5) is 38.2. The van der Waals surface area contributed by atoms with Gasteiger partial charge in [-0.25, -0.2) is 0 Å². The number of rotatable bonds is 55. The topological polar surface area (TPSA) is 78.9 Å². The summed E-state index contributed by atoms with van der Waals surface area (Å²) in [5.41, 5.74) is 0. The first kappa shape index (κ1) is 68.6. The van der Waals surface area contributed by atoms with Crippen molar-refractivity contribution in [1.82, 2.24) is 0 Å². The molecule has 0 fully saturated rings. The fourth-order valence-electron chi connectivity index (χ4n) is 8.63. The lowest BCUT2D eigenvalue weighted by Gasteiger charge is -2.18. The highest BCUT2D eigenvalue weighted by atomic mass is 16.6. The van der Waals surface area contributed by atoms with Gasteiger partial charge >= 0.3 is 17.9 Å². The Morgan fingerprint density at radius 1 is 0.292 bits per heavy atom. The Balaban J connectivity index is 4.24.